The summed E-state index contributed by atoms with van der Waals surface area (Å²) in [6.07, 6.45) is -0.0895. The first kappa shape index (κ1) is 20.0. The van der Waals surface area contributed by atoms with E-state index in [4.69, 9.17) is 9.47 Å². The summed E-state index contributed by atoms with van der Waals surface area (Å²) in [5, 5.41) is 4.96. The molecule has 2 aromatic rings. The van der Waals surface area contributed by atoms with Crippen molar-refractivity contribution in [1.82, 2.24) is 0 Å². The molecule has 0 aliphatic rings. The van der Waals surface area contributed by atoms with Crippen molar-refractivity contribution in [1.29, 1.82) is 0 Å². The van der Waals surface area contributed by atoms with Crippen LogP contribution in [-0.4, -0.2) is 30.5 Å². The average Bonchev–Trinajstić information content (AvgIpc) is 2.63. The van der Waals surface area contributed by atoms with E-state index in [0.717, 1.165) is 0 Å². The van der Waals surface area contributed by atoms with Crippen molar-refractivity contribution >= 4 is 29.2 Å². The second kappa shape index (κ2) is 9.38. The topological polar surface area (TPSA) is 93.7 Å². The first-order valence-electron chi connectivity index (χ1n) is 8.56. The minimum atomic E-state index is -0.911. The molecule has 0 atom stereocenters. The fourth-order valence-electron chi connectivity index (χ4n) is 2.26. The Bertz CT molecular complexity index is 833. The number of ether oxygens (including phenoxy) is 2. The number of amides is 2. The van der Waals surface area contributed by atoms with Gasteiger partial charge in [-0.15, -0.1) is 0 Å². The Morgan fingerprint density at radius 3 is 2.07 bits per heavy atom. The van der Waals surface area contributed by atoms with Gasteiger partial charge >= 0.3 is 17.8 Å². The molecule has 0 aliphatic heterocycles. The van der Waals surface area contributed by atoms with Crippen molar-refractivity contribution in [2.24, 2.45) is 0 Å². The molecule has 0 aliphatic carbocycles. The zero-order chi connectivity index (χ0) is 19.8. The third-order valence-corrected chi connectivity index (χ3v) is 3.37. The third-order valence-electron chi connectivity index (χ3n) is 3.37. The van der Waals surface area contributed by atoms with E-state index in [9.17, 15) is 14.4 Å². The Balaban J connectivity index is 2.12. The second-order valence-corrected chi connectivity index (χ2v) is 5.84. The Hall–Kier alpha value is -3.35. The van der Waals surface area contributed by atoms with E-state index in [1.807, 2.05) is 13.8 Å². The molecule has 2 aromatic carbocycles. The van der Waals surface area contributed by atoms with Gasteiger partial charge in [0.25, 0.3) is 0 Å². The molecular weight excluding hydrogens is 348 g/mol. The number of carbonyl (C=O) groups is 3. The van der Waals surface area contributed by atoms with E-state index < -0.39 is 17.8 Å². The monoisotopic (exact) mass is 370 g/mol. The van der Waals surface area contributed by atoms with Gasteiger partial charge in [-0.05, 0) is 45.0 Å². The van der Waals surface area contributed by atoms with E-state index in [-0.39, 0.29) is 24.0 Å². The van der Waals surface area contributed by atoms with E-state index in [1.54, 1.807) is 43.3 Å². The molecule has 0 bridgehead atoms. The van der Waals surface area contributed by atoms with Gasteiger partial charge in [0.05, 0.1) is 29.6 Å². The summed E-state index contributed by atoms with van der Waals surface area (Å²) >= 11 is 0. The number of hydrogen-bond acceptors (Lipinski definition) is 5. The Kier molecular flexibility index (Phi) is 6.93. The first-order valence-corrected chi connectivity index (χ1v) is 8.56. The summed E-state index contributed by atoms with van der Waals surface area (Å²) < 4.78 is 10.6. The van der Waals surface area contributed by atoms with Gasteiger partial charge in [0, 0.05) is 0 Å². The average molecular weight is 370 g/mol. The maximum absolute atomic E-state index is 12.3. The quantitative estimate of drug-likeness (QED) is 0.601. The first-order chi connectivity index (χ1) is 12.9. The van der Waals surface area contributed by atoms with Crippen molar-refractivity contribution < 1.29 is 23.9 Å². The smallest absolute Gasteiger partial charge is 0.340 e. The fourth-order valence-corrected chi connectivity index (χ4v) is 2.26. The van der Waals surface area contributed by atoms with Crippen molar-refractivity contribution in [3.8, 4) is 5.75 Å². The molecule has 7 heteroatoms. The lowest BCUT2D eigenvalue weighted by atomic mass is 10.2. The predicted octanol–water partition coefficient (Wildman–Crippen LogP) is 3.23. The lowest BCUT2D eigenvalue weighted by molar-refractivity contribution is -0.133. The van der Waals surface area contributed by atoms with E-state index in [2.05, 4.69) is 10.6 Å². The number of carbonyl (C=O) groups excluding carboxylic acids is 3. The Morgan fingerprint density at radius 1 is 0.889 bits per heavy atom. The molecule has 0 aromatic heterocycles. The van der Waals surface area contributed by atoms with Crippen molar-refractivity contribution in [2.45, 2.75) is 26.9 Å². The van der Waals surface area contributed by atoms with Gasteiger partial charge in [-0.2, -0.15) is 0 Å². The second-order valence-electron chi connectivity index (χ2n) is 5.84. The van der Waals surface area contributed by atoms with Gasteiger partial charge in [-0.25, -0.2) is 4.79 Å². The maximum atomic E-state index is 12.3. The minimum absolute atomic E-state index is 0.0895. The zero-order valence-corrected chi connectivity index (χ0v) is 15.4. The molecule has 0 spiro atoms. The van der Waals surface area contributed by atoms with Crippen molar-refractivity contribution in [3.05, 3.63) is 54.1 Å². The highest BCUT2D eigenvalue weighted by Crippen LogP contribution is 2.25. The van der Waals surface area contributed by atoms with Gasteiger partial charge in [-0.1, -0.05) is 24.3 Å². The number of nitrogens with one attached hydrogen (secondary N) is 2. The summed E-state index contributed by atoms with van der Waals surface area (Å²) in [4.78, 5) is 36.5. The van der Waals surface area contributed by atoms with Gasteiger partial charge in [-0.3, -0.25) is 9.59 Å². The molecule has 0 fully saturated rings. The highest BCUT2D eigenvalue weighted by atomic mass is 16.5. The van der Waals surface area contributed by atoms with E-state index in [0.29, 0.717) is 11.4 Å². The van der Waals surface area contributed by atoms with Crippen LogP contribution in [0.4, 0.5) is 11.4 Å². The summed E-state index contributed by atoms with van der Waals surface area (Å²) in [6, 6.07) is 13.1. The fraction of sp³-hybridized carbons (Fsp3) is 0.250. The van der Waals surface area contributed by atoms with Crippen LogP contribution in [-0.2, 0) is 14.3 Å². The van der Waals surface area contributed by atoms with Crippen LogP contribution in [0, 0.1) is 0 Å². The SMILES string of the molecule is CCOC(=O)c1ccccc1NC(=O)C(=O)Nc1ccccc1OC(C)C. The van der Waals surface area contributed by atoms with Crippen LogP contribution in [0.5, 0.6) is 5.75 Å². The van der Waals surface area contributed by atoms with Gasteiger partial charge in [0.2, 0.25) is 0 Å². The summed E-state index contributed by atoms with van der Waals surface area (Å²) in [5.41, 5.74) is 0.747. The highest BCUT2D eigenvalue weighted by Gasteiger charge is 2.19. The molecule has 0 saturated carbocycles. The number of hydrogen-bond donors (Lipinski definition) is 2. The maximum Gasteiger partial charge on any atom is 0.340 e. The van der Waals surface area contributed by atoms with Crippen LogP contribution in [0.1, 0.15) is 31.1 Å². The molecule has 0 unspecified atom stereocenters. The summed E-state index contributed by atoms with van der Waals surface area (Å²) in [5.74, 6) is -1.91. The van der Waals surface area contributed by atoms with Crippen LogP contribution in [0.2, 0.25) is 0 Å². The predicted molar refractivity (Wildman–Crippen MR) is 102 cm³/mol. The van der Waals surface area contributed by atoms with Crippen LogP contribution in [0.25, 0.3) is 0 Å². The lowest BCUT2D eigenvalue weighted by Gasteiger charge is -2.15. The third kappa shape index (κ3) is 5.57. The number of para-hydroxylation sites is 3. The van der Waals surface area contributed by atoms with Gasteiger partial charge < -0.3 is 20.1 Å². The Morgan fingerprint density at radius 2 is 1.44 bits per heavy atom. The lowest BCUT2D eigenvalue weighted by Crippen LogP contribution is -2.30. The molecule has 2 rings (SSSR count). The highest BCUT2D eigenvalue weighted by molar-refractivity contribution is 6.44. The number of esters is 1. The minimum Gasteiger partial charge on any atom is -0.489 e. The van der Waals surface area contributed by atoms with Gasteiger partial charge in [0.1, 0.15) is 5.75 Å². The van der Waals surface area contributed by atoms with Crippen LogP contribution < -0.4 is 15.4 Å². The molecular formula is C20H22N2O5. The molecule has 0 heterocycles. The van der Waals surface area contributed by atoms with Crippen molar-refractivity contribution in [3.63, 3.8) is 0 Å². The van der Waals surface area contributed by atoms with Crippen LogP contribution >= 0.6 is 0 Å². The normalized spacial score (nSPS) is 10.2. The number of rotatable bonds is 6. The molecule has 142 valence electrons. The summed E-state index contributed by atoms with van der Waals surface area (Å²) in [7, 11) is 0. The van der Waals surface area contributed by atoms with E-state index >= 15 is 0 Å². The van der Waals surface area contributed by atoms with E-state index in [1.165, 1.54) is 12.1 Å². The molecule has 0 radical (unpaired) electrons. The van der Waals surface area contributed by atoms with Crippen LogP contribution in [0.3, 0.4) is 0 Å². The molecule has 27 heavy (non-hydrogen) atoms. The van der Waals surface area contributed by atoms with Crippen LogP contribution in [0.15, 0.2) is 48.5 Å². The molecule has 2 N–H and O–H groups in total. The standard InChI is InChI=1S/C20H22N2O5/c1-4-26-20(25)14-9-5-6-10-15(14)21-18(23)19(24)22-16-11-7-8-12-17(16)27-13(2)3/h5-13H,4H2,1-3H3,(H,21,23)(H,22,24). The zero-order valence-electron chi connectivity index (χ0n) is 15.4. The Labute approximate surface area is 157 Å². The largest absolute Gasteiger partial charge is 0.489 e. The summed E-state index contributed by atoms with van der Waals surface area (Å²) in [6.45, 7) is 5.60. The molecule has 0 saturated heterocycles. The number of anilines is 2. The van der Waals surface area contributed by atoms with Gasteiger partial charge in [0.15, 0.2) is 0 Å². The number of benzene rings is 2. The van der Waals surface area contributed by atoms with Crippen molar-refractivity contribution in [2.75, 3.05) is 17.2 Å². The molecule has 7 nitrogen and oxygen atoms in total. The molecule has 2 amide bonds.